The van der Waals surface area contributed by atoms with Crippen molar-refractivity contribution in [2.24, 2.45) is 0 Å². The highest BCUT2D eigenvalue weighted by atomic mass is 16.5. The molecular weight excluding hydrogens is 236 g/mol. The molecule has 0 heterocycles. The fraction of sp³-hybridized carbons (Fsp3) is 0.588. The highest BCUT2D eigenvalue weighted by Crippen LogP contribution is 2.08. The predicted molar refractivity (Wildman–Crippen MR) is 79.3 cm³/mol. The molecule has 0 aliphatic carbocycles. The molecule has 1 rings (SSSR count). The summed E-state index contributed by atoms with van der Waals surface area (Å²) in [7, 11) is 0. The summed E-state index contributed by atoms with van der Waals surface area (Å²) >= 11 is 0. The van der Waals surface area contributed by atoms with Crippen LogP contribution in [-0.2, 0) is 16.0 Å². The molecule has 0 spiro atoms. The smallest absolute Gasteiger partial charge is 0.162 e. The number of ketones is 1. The maximum atomic E-state index is 11.8. The summed E-state index contributed by atoms with van der Waals surface area (Å²) in [5.41, 5.74) is 1.06. The van der Waals surface area contributed by atoms with Gasteiger partial charge in [-0.05, 0) is 18.9 Å². The molecule has 0 aliphatic heterocycles. The lowest BCUT2D eigenvalue weighted by atomic mass is 10.1. The SMILES string of the molecule is CCCCCCC(C)OCC(=O)Cc1ccccc1. The topological polar surface area (TPSA) is 26.3 Å². The van der Waals surface area contributed by atoms with Gasteiger partial charge in [-0.2, -0.15) is 0 Å². The zero-order valence-corrected chi connectivity index (χ0v) is 12.2. The molecule has 0 radical (unpaired) electrons. The van der Waals surface area contributed by atoms with Crippen LogP contribution in [-0.4, -0.2) is 18.5 Å². The van der Waals surface area contributed by atoms with Gasteiger partial charge in [0.15, 0.2) is 5.78 Å². The number of hydrogen-bond acceptors (Lipinski definition) is 2. The normalized spacial score (nSPS) is 12.3. The van der Waals surface area contributed by atoms with Crippen LogP contribution in [0.3, 0.4) is 0 Å². The van der Waals surface area contributed by atoms with Crippen molar-refractivity contribution in [1.82, 2.24) is 0 Å². The van der Waals surface area contributed by atoms with Crippen molar-refractivity contribution >= 4 is 5.78 Å². The van der Waals surface area contributed by atoms with E-state index in [-0.39, 0.29) is 18.5 Å². The summed E-state index contributed by atoms with van der Waals surface area (Å²) in [6, 6.07) is 9.83. The molecule has 1 atom stereocenters. The predicted octanol–water partition coefficient (Wildman–Crippen LogP) is 4.17. The highest BCUT2D eigenvalue weighted by molar-refractivity contribution is 5.82. The van der Waals surface area contributed by atoms with Crippen LogP contribution in [0.4, 0.5) is 0 Å². The number of carbonyl (C=O) groups is 1. The average molecular weight is 262 g/mol. The second-order valence-corrected chi connectivity index (χ2v) is 5.17. The van der Waals surface area contributed by atoms with Gasteiger partial charge in [0.2, 0.25) is 0 Å². The molecule has 0 bridgehead atoms. The summed E-state index contributed by atoms with van der Waals surface area (Å²) in [4.78, 5) is 11.8. The summed E-state index contributed by atoms with van der Waals surface area (Å²) in [5.74, 6) is 0.159. The zero-order chi connectivity index (χ0) is 13.9. The van der Waals surface area contributed by atoms with Gasteiger partial charge in [-0.15, -0.1) is 0 Å². The van der Waals surface area contributed by atoms with Gasteiger partial charge in [-0.1, -0.05) is 62.9 Å². The highest BCUT2D eigenvalue weighted by Gasteiger charge is 2.07. The molecule has 106 valence electrons. The van der Waals surface area contributed by atoms with Gasteiger partial charge >= 0.3 is 0 Å². The number of hydrogen-bond donors (Lipinski definition) is 0. The molecule has 19 heavy (non-hydrogen) atoms. The minimum absolute atomic E-state index is 0.159. The largest absolute Gasteiger partial charge is 0.371 e. The van der Waals surface area contributed by atoms with Gasteiger partial charge in [-0.25, -0.2) is 0 Å². The van der Waals surface area contributed by atoms with E-state index in [1.807, 2.05) is 30.3 Å². The molecule has 1 aromatic rings. The lowest BCUT2D eigenvalue weighted by Crippen LogP contribution is -2.17. The molecule has 1 aromatic carbocycles. The Morgan fingerprint density at radius 2 is 1.89 bits per heavy atom. The Hall–Kier alpha value is -1.15. The summed E-state index contributed by atoms with van der Waals surface area (Å²) < 4.78 is 5.61. The summed E-state index contributed by atoms with van der Waals surface area (Å²) in [5, 5.41) is 0. The van der Waals surface area contributed by atoms with Crippen LogP contribution >= 0.6 is 0 Å². The molecule has 2 nitrogen and oxygen atoms in total. The van der Waals surface area contributed by atoms with Crippen LogP contribution in [0.15, 0.2) is 30.3 Å². The van der Waals surface area contributed by atoms with E-state index in [1.54, 1.807) is 0 Å². The first-order chi connectivity index (χ1) is 9.22. The first kappa shape index (κ1) is 15.9. The van der Waals surface area contributed by atoms with Gasteiger partial charge in [0.25, 0.3) is 0 Å². The van der Waals surface area contributed by atoms with E-state index >= 15 is 0 Å². The van der Waals surface area contributed by atoms with Crippen molar-refractivity contribution in [3.05, 3.63) is 35.9 Å². The minimum Gasteiger partial charge on any atom is -0.371 e. The maximum Gasteiger partial charge on any atom is 0.162 e. The van der Waals surface area contributed by atoms with E-state index in [9.17, 15) is 4.79 Å². The molecule has 0 saturated carbocycles. The Kier molecular flexibility index (Phi) is 8.15. The van der Waals surface area contributed by atoms with E-state index in [0.29, 0.717) is 6.42 Å². The lowest BCUT2D eigenvalue weighted by molar-refractivity contribution is -0.124. The number of unbranched alkanes of at least 4 members (excludes halogenated alkanes) is 3. The molecule has 2 heteroatoms. The van der Waals surface area contributed by atoms with Crippen LogP contribution in [0.25, 0.3) is 0 Å². The molecule has 0 fully saturated rings. The standard InChI is InChI=1S/C17H26O2/c1-3-4-5-7-10-15(2)19-14-17(18)13-16-11-8-6-9-12-16/h6,8-9,11-12,15H,3-5,7,10,13-14H2,1-2H3. The Morgan fingerprint density at radius 3 is 2.58 bits per heavy atom. The van der Waals surface area contributed by atoms with Crippen molar-refractivity contribution < 1.29 is 9.53 Å². The molecule has 0 aromatic heterocycles. The third-order valence-electron chi connectivity index (χ3n) is 3.24. The number of carbonyl (C=O) groups excluding carboxylic acids is 1. The van der Waals surface area contributed by atoms with Gasteiger partial charge in [-0.3, -0.25) is 4.79 Å². The van der Waals surface area contributed by atoms with Crippen LogP contribution in [0, 0.1) is 0 Å². The van der Waals surface area contributed by atoms with E-state index in [0.717, 1.165) is 12.0 Å². The Morgan fingerprint density at radius 1 is 1.16 bits per heavy atom. The first-order valence-electron chi connectivity index (χ1n) is 7.39. The Bertz CT molecular complexity index is 346. The maximum absolute atomic E-state index is 11.8. The molecular formula is C17H26O2. The average Bonchev–Trinajstić information content (AvgIpc) is 2.42. The van der Waals surface area contributed by atoms with Gasteiger partial charge in [0, 0.05) is 6.42 Å². The third kappa shape index (κ3) is 7.78. The number of benzene rings is 1. The van der Waals surface area contributed by atoms with Crippen molar-refractivity contribution in [2.75, 3.05) is 6.61 Å². The summed E-state index contributed by atoms with van der Waals surface area (Å²) in [6.45, 7) is 4.51. The minimum atomic E-state index is 0.159. The van der Waals surface area contributed by atoms with Crippen molar-refractivity contribution in [2.45, 2.75) is 58.5 Å². The summed E-state index contributed by atoms with van der Waals surface area (Å²) in [6.07, 6.45) is 6.73. The van der Waals surface area contributed by atoms with Crippen LogP contribution < -0.4 is 0 Å². The van der Waals surface area contributed by atoms with E-state index in [1.165, 1.54) is 25.7 Å². The second-order valence-electron chi connectivity index (χ2n) is 5.17. The van der Waals surface area contributed by atoms with Crippen LogP contribution in [0.5, 0.6) is 0 Å². The molecule has 0 N–H and O–H groups in total. The monoisotopic (exact) mass is 262 g/mol. The van der Waals surface area contributed by atoms with Gasteiger partial charge in [0.1, 0.15) is 6.61 Å². The number of Topliss-reactive ketones (excluding diaryl/α,β-unsaturated/α-hetero) is 1. The fourth-order valence-corrected chi connectivity index (χ4v) is 2.05. The van der Waals surface area contributed by atoms with E-state index in [2.05, 4.69) is 13.8 Å². The van der Waals surface area contributed by atoms with E-state index < -0.39 is 0 Å². The fourth-order valence-electron chi connectivity index (χ4n) is 2.05. The Balaban J connectivity index is 2.12. The van der Waals surface area contributed by atoms with Gasteiger partial charge in [0.05, 0.1) is 6.10 Å². The van der Waals surface area contributed by atoms with Crippen LogP contribution in [0.2, 0.25) is 0 Å². The second kappa shape index (κ2) is 9.74. The van der Waals surface area contributed by atoms with Crippen molar-refractivity contribution in [1.29, 1.82) is 0 Å². The lowest BCUT2D eigenvalue weighted by Gasteiger charge is -2.12. The Labute approximate surface area is 117 Å². The number of ether oxygens (including phenoxy) is 1. The van der Waals surface area contributed by atoms with Crippen LogP contribution in [0.1, 0.15) is 51.5 Å². The third-order valence-corrected chi connectivity index (χ3v) is 3.24. The van der Waals surface area contributed by atoms with E-state index in [4.69, 9.17) is 4.74 Å². The first-order valence-corrected chi connectivity index (χ1v) is 7.39. The molecule has 0 saturated heterocycles. The van der Waals surface area contributed by atoms with Gasteiger partial charge < -0.3 is 4.74 Å². The quantitative estimate of drug-likeness (QED) is 0.591. The molecule has 1 unspecified atom stereocenters. The zero-order valence-electron chi connectivity index (χ0n) is 12.2. The molecule has 0 amide bonds. The van der Waals surface area contributed by atoms with Crippen molar-refractivity contribution in [3.8, 4) is 0 Å². The van der Waals surface area contributed by atoms with Crippen molar-refractivity contribution in [3.63, 3.8) is 0 Å². The number of rotatable bonds is 10. The molecule has 0 aliphatic rings.